The van der Waals surface area contributed by atoms with Crippen LogP contribution in [0.2, 0.25) is 0 Å². The van der Waals surface area contributed by atoms with E-state index in [1.54, 1.807) is 18.2 Å². The summed E-state index contributed by atoms with van der Waals surface area (Å²) in [6.07, 6.45) is 3.08. The Morgan fingerprint density at radius 1 is 1.04 bits per heavy atom. The predicted octanol–water partition coefficient (Wildman–Crippen LogP) is 3.18. The molecule has 0 bridgehead atoms. The molecular weight excluding hydrogens is 344 g/mol. The second-order valence-electron chi connectivity index (χ2n) is 6.78. The number of nitrogens with zero attached hydrogens (tertiary/aromatic N) is 1. The Morgan fingerprint density at radius 2 is 1.70 bits per heavy atom. The summed E-state index contributed by atoms with van der Waals surface area (Å²) < 4.78 is 10.7. The third-order valence-electron chi connectivity index (χ3n) is 5.19. The molecule has 0 spiro atoms. The summed E-state index contributed by atoms with van der Waals surface area (Å²) in [5.41, 5.74) is 4.39. The van der Waals surface area contributed by atoms with Crippen molar-refractivity contribution >= 4 is 23.2 Å². The second-order valence-corrected chi connectivity index (χ2v) is 6.78. The zero-order valence-corrected chi connectivity index (χ0v) is 15.5. The van der Waals surface area contributed by atoms with Crippen molar-refractivity contribution in [3.05, 3.63) is 47.0 Å². The third-order valence-corrected chi connectivity index (χ3v) is 5.19. The lowest BCUT2D eigenvalue weighted by molar-refractivity contribution is -0.119. The van der Waals surface area contributed by atoms with Gasteiger partial charge < -0.3 is 19.7 Å². The molecule has 6 nitrogen and oxygen atoms in total. The van der Waals surface area contributed by atoms with E-state index in [0.29, 0.717) is 29.9 Å². The van der Waals surface area contributed by atoms with Crippen LogP contribution < -0.4 is 19.7 Å². The van der Waals surface area contributed by atoms with Crippen LogP contribution in [0, 0.1) is 0 Å². The quantitative estimate of drug-likeness (QED) is 0.902. The first kappa shape index (κ1) is 17.4. The number of ether oxygens (including phenoxy) is 2. The Morgan fingerprint density at radius 3 is 2.37 bits per heavy atom. The van der Waals surface area contributed by atoms with Crippen molar-refractivity contribution in [2.24, 2.45) is 0 Å². The molecule has 0 unspecified atom stereocenters. The highest BCUT2D eigenvalue weighted by molar-refractivity contribution is 6.08. The number of carbonyl (C=O) groups excluding carboxylic acids is 2. The highest BCUT2D eigenvalue weighted by atomic mass is 16.5. The summed E-state index contributed by atoms with van der Waals surface area (Å²) >= 11 is 0. The van der Waals surface area contributed by atoms with Crippen molar-refractivity contribution in [1.82, 2.24) is 0 Å². The highest BCUT2D eigenvalue weighted by Gasteiger charge is 2.30. The monoisotopic (exact) mass is 366 g/mol. The fourth-order valence-electron chi connectivity index (χ4n) is 3.99. The van der Waals surface area contributed by atoms with Gasteiger partial charge in [0.05, 0.1) is 19.9 Å². The van der Waals surface area contributed by atoms with Crippen LogP contribution in [0.5, 0.6) is 11.5 Å². The Labute approximate surface area is 158 Å². The number of nitrogens with one attached hydrogen (secondary N) is 1. The number of hydrogen-bond acceptors (Lipinski definition) is 4. The summed E-state index contributed by atoms with van der Waals surface area (Å²) in [6.45, 7) is 0.781. The van der Waals surface area contributed by atoms with E-state index in [1.807, 2.05) is 17.0 Å². The van der Waals surface area contributed by atoms with Gasteiger partial charge in [-0.15, -0.1) is 0 Å². The van der Waals surface area contributed by atoms with Crippen molar-refractivity contribution in [3.63, 3.8) is 0 Å². The van der Waals surface area contributed by atoms with E-state index in [0.717, 1.165) is 41.9 Å². The molecule has 2 aliphatic rings. The maximum absolute atomic E-state index is 12.9. The largest absolute Gasteiger partial charge is 0.496 e. The predicted molar refractivity (Wildman–Crippen MR) is 103 cm³/mol. The summed E-state index contributed by atoms with van der Waals surface area (Å²) in [4.78, 5) is 27.0. The summed E-state index contributed by atoms with van der Waals surface area (Å²) in [5.74, 6) is 0.834. The first-order valence-corrected chi connectivity index (χ1v) is 9.11. The van der Waals surface area contributed by atoms with Crippen LogP contribution in [-0.4, -0.2) is 32.6 Å². The van der Waals surface area contributed by atoms with E-state index in [4.69, 9.17) is 9.47 Å². The van der Waals surface area contributed by atoms with Gasteiger partial charge in [0.1, 0.15) is 17.1 Å². The van der Waals surface area contributed by atoms with Crippen molar-refractivity contribution in [2.75, 3.05) is 31.0 Å². The van der Waals surface area contributed by atoms with E-state index < -0.39 is 0 Å². The molecule has 2 aliphatic heterocycles. The molecule has 27 heavy (non-hydrogen) atoms. The topological polar surface area (TPSA) is 67.9 Å². The van der Waals surface area contributed by atoms with E-state index in [9.17, 15) is 9.59 Å². The Balaban J connectivity index is 1.69. The molecule has 2 aromatic carbocycles. The zero-order chi connectivity index (χ0) is 19.0. The van der Waals surface area contributed by atoms with Crippen molar-refractivity contribution in [2.45, 2.75) is 25.7 Å². The minimum absolute atomic E-state index is 0.194. The fraction of sp³-hybridized carbons (Fsp3) is 0.333. The molecule has 140 valence electrons. The summed E-state index contributed by atoms with van der Waals surface area (Å²) in [7, 11) is 3.06. The van der Waals surface area contributed by atoms with Crippen LogP contribution in [0.4, 0.5) is 11.4 Å². The van der Waals surface area contributed by atoms with E-state index in [-0.39, 0.29) is 11.8 Å². The molecule has 0 aromatic heterocycles. The molecule has 0 fully saturated rings. The van der Waals surface area contributed by atoms with Crippen LogP contribution in [0.1, 0.15) is 34.3 Å². The molecular formula is C21H22N2O4. The van der Waals surface area contributed by atoms with Gasteiger partial charge in [0.15, 0.2) is 0 Å². The molecule has 0 saturated carbocycles. The molecule has 2 amide bonds. The molecule has 0 atom stereocenters. The lowest BCUT2D eigenvalue weighted by Crippen LogP contribution is -2.39. The van der Waals surface area contributed by atoms with E-state index >= 15 is 0 Å². The van der Waals surface area contributed by atoms with Gasteiger partial charge in [0, 0.05) is 18.7 Å². The van der Waals surface area contributed by atoms with Crippen LogP contribution in [0.25, 0.3) is 0 Å². The van der Waals surface area contributed by atoms with Crippen molar-refractivity contribution < 1.29 is 19.1 Å². The summed E-state index contributed by atoms with van der Waals surface area (Å²) in [6, 6.07) is 9.20. The lowest BCUT2D eigenvalue weighted by atomic mass is 9.91. The van der Waals surface area contributed by atoms with Gasteiger partial charge in [0.2, 0.25) is 5.91 Å². The molecule has 2 aromatic rings. The zero-order valence-electron chi connectivity index (χ0n) is 15.5. The molecule has 4 rings (SSSR count). The van der Waals surface area contributed by atoms with Gasteiger partial charge in [0.25, 0.3) is 5.91 Å². The molecule has 6 heteroatoms. The van der Waals surface area contributed by atoms with Gasteiger partial charge in [-0.2, -0.15) is 0 Å². The normalized spacial score (nSPS) is 15.2. The van der Waals surface area contributed by atoms with Crippen molar-refractivity contribution in [1.29, 1.82) is 0 Å². The van der Waals surface area contributed by atoms with E-state index in [2.05, 4.69) is 5.32 Å². The van der Waals surface area contributed by atoms with Crippen LogP contribution in [0.3, 0.4) is 0 Å². The van der Waals surface area contributed by atoms with Gasteiger partial charge >= 0.3 is 0 Å². The third kappa shape index (κ3) is 3.01. The molecule has 0 aliphatic carbocycles. The summed E-state index contributed by atoms with van der Waals surface area (Å²) in [5, 5.41) is 2.98. The number of aryl methyl sites for hydroxylation is 2. The Bertz CT molecular complexity index is 883. The molecule has 0 radical (unpaired) electrons. The number of benzene rings is 2. The Kier molecular flexibility index (Phi) is 4.48. The van der Waals surface area contributed by atoms with Crippen molar-refractivity contribution in [3.8, 4) is 11.5 Å². The first-order chi connectivity index (χ1) is 13.1. The highest BCUT2D eigenvalue weighted by Crippen LogP contribution is 2.38. The standard InChI is InChI=1S/C21H22N2O4/c1-26-16-6-3-7-17(27-2)19(16)21(25)22-15-11-13-5-4-10-23-18(24)9-8-14(12-15)20(13)23/h3,6-7,11-12H,4-5,8-10H2,1-2H3,(H,22,25). The molecule has 2 heterocycles. The minimum Gasteiger partial charge on any atom is -0.496 e. The minimum atomic E-state index is -0.281. The van der Waals surface area contributed by atoms with Crippen LogP contribution in [-0.2, 0) is 17.6 Å². The van der Waals surface area contributed by atoms with Crippen LogP contribution >= 0.6 is 0 Å². The first-order valence-electron chi connectivity index (χ1n) is 9.11. The lowest BCUT2D eigenvalue weighted by Gasteiger charge is -2.35. The molecule has 0 saturated heterocycles. The molecule has 1 N–H and O–H groups in total. The van der Waals surface area contributed by atoms with Gasteiger partial charge in [-0.25, -0.2) is 0 Å². The number of hydrogen-bond donors (Lipinski definition) is 1. The number of rotatable bonds is 4. The van der Waals surface area contributed by atoms with Gasteiger partial charge in [-0.05, 0) is 54.7 Å². The number of amides is 2. The van der Waals surface area contributed by atoms with E-state index in [1.165, 1.54) is 14.2 Å². The smallest absolute Gasteiger partial charge is 0.263 e. The van der Waals surface area contributed by atoms with Gasteiger partial charge in [-0.3, -0.25) is 9.59 Å². The fourth-order valence-corrected chi connectivity index (χ4v) is 3.99. The SMILES string of the molecule is COc1cccc(OC)c1C(=O)Nc1cc2c3c(c1)CCC(=O)N3CCC2. The van der Waals surface area contributed by atoms with Crippen LogP contribution in [0.15, 0.2) is 30.3 Å². The maximum Gasteiger partial charge on any atom is 0.263 e. The number of carbonyl (C=O) groups is 2. The Hall–Kier alpha value is -3.02. The average Bonchev–Trinajstić information content (AvgIpc) is 2.69. The maximum atomic E-state index is 12.9. The number of anilines is 2. The van der Waals surface area contributed by atoms with Gasteiger partial charge in [-0.1, -0.05) is 6.07 Å². The second kappa shape index (κ2) is 6.95. The average molecular weight is 366 g/mol. The number of methoxy groups -OCH3 is 2.